The van der Waals surface area contributed by atoms with Gasteiger partial charge in [0.25, 0.3) is 5.91 Å². The van der Waals surface area contributed by atoms with E-state index in [0.717, 1.165) is 0 Å². The van der Waals surface area contributed by atoms with Gasteiger partial charge < -0.3 is 23.9 Å². The molecule has 0 aliphatic rings. The number of carbonyl (C=O) groups excluding carboxylic acids is 2. The third-order valence-corrected chi connectivity index (χ3v) is 2.95. The second-order valence-electron chi connectivity index (χ2n) is 4.57. The molecule has 2 rings (SSSR count). The van der Waals surface area contributed by atoms with Crippen molar-refractivity contribution in [3.63, 3.8) is 0 Å². The van der Waals surface area contributed by atoms with Crippen LogP contribution in [0.15, 0.2) is 47.1 Å². The van der Waals surface area contributed by atoms with Gasteiger partial charge in [-0.2, -0.15) is 0 Å². The number of furan rings is 1. The fourth-order valence-electron chi connectivity index (χ4n) is 1.82. The van der Waals surface area contributed by atoms with Crippen molar-refractivity contribution in [3.8, 4) is 11.5 Å². The maximum Gasteiger partial charge on any atom is 0.331 e. The van der Waals surface area contributed by atoms with Gasteiger partial charge in [0.15, 0.2) is 6.61 Å². The van der Waals surface area contributed by atoms with Gasteiger partial charge in [-0.3, -0.25) is 4.79 Å². The summed E-state index contributed by atoms with van der Waals surface area (Å²) in [4.78, 5) is 23.4. The van der Waals surface area contributed by atoms with Crippen LogP contribution in [0.4, 0.5) is 5.69 Å². The Morgan fingerprint density at radius 1 is 1.21 bits per heavy atom. The fraction of sp³-hybridized carbons (Fsp3) is 0.176. The molecule has 0 fully saturated rings. The van der Waals surface area contributed by atoms with Gasteiger partial charge in [-0.15, -0.1) is 0 Å². The lowest BCUT2D eigenvalue weighted by Crippen LogP contribution is -2.20. The molecule has 1 N–H and O–H groups in total. The summed E-state index contributed by atoms with van der Waals surface area (Å²) in [6.45, 7) is -0.429. The van der Waals surface area contributed by atoms with E-state index >= 15 is 0 Å². The molecule has 0 saturated carbocycles. The largest absolute Gasteiger partial charge is 0.497 e. The molecule has 0 bridgehead atoms. The Hall–Kier alpha value is -3.22. The first kappa shape index (κ1) is 17.1. The lowest BCUT2D eigenvalue weighted by molar-refractivity contribution is -0.142. The van der Waals surface area contributed by atoms with Crippen molar-refractivity contribution in [2.24, 2.45) is 0 Å². The molecular weight excluding hydrogens is 314 g/mol. The van der Waals surface area contributed by atoms with Crippen molar-refractivity contribution in [1.82, 2.24) is 0 Å². The van der Waals surface area contributed by atoms with Gasteiger partial charge in [0.2, 0.25) is 0 Å². The second kappa shape index (κ2) is 8.42. The van der Waals surface area contributed by atoms with Crippen LogP contribution in [-0.2, 0) is 14.3 Å². The van der Waals surface area contributed by atoms with Crippen molar-refractivity contribution >= 4 is 23.6 Å². The Balaban J connectivity index is 1.88. The molecule has 0 atom stereocenters. The normalized spacial score (nSPS) is 10.4. The number of rotatable bonds is 7. The van der Waals surface area contributed by atoms with Crippen LogP contribution in [0.3, 0.4) is 0 Å². The average molecular weight is 331 g/mol. The van der Waals surface area contributed by atoms with Crippen molar-refractivity contribution in [1.29, 1.82) is 0 Å². The molecule has 1 aromatic heterocycles. The Labute approximate surface area is 138 Å². The van der Waals surface area contributed by atoms with Crippen LogP contribution in [0.1, 0.15) is 5.76 Å². The molecular formula is C17H17NO6. The molecule has 0 spiro atoms. The second-order valence-corrected chi connectivity index (χ2v) is 4.57. The molecule has 24 heavy (non-hydrogen) atoms. The molecule has 0 aliphatic carbocycles. The highest BCUT2D eigenvalue weighted by molar-refractivity contribution is 5.95. The predicted octanol–water partition coefficient (Wildman–Crippen LogP) is 2.49. The Bertz CT molecular complexity index is 721. The van der Waals surface area contributed by atoms with Gasteiger partial charge in [-0.25, -0.2) is 4.79 Å². The van der Waals surface area contributed by atoms with E-state index in [1.165, 1.54) is 32.6 Å². The van der Waals surface area contributed by atoms with Crippen LogP contribution in [0.2, 0.25) is 0 Å². The maximum atomic E-state index is 11.9. The predicted molar refractivity (Wildman–Crippen MR) is 86.9 cm³/mol. The lowest BCUT2D eigenvalue weighted by Gasteiger charge is -2.11. The maximum absolute atomic E-state index is 11.9. The summed E-state index contributed by atoms with van der Waals surface area (Å²) in [5.41, 5.74) is 0.420. The van der Waals surface area contributed by atoms with Gasteiger partial charge >= 0.3 is 5.97 Å². The third-order valence-electron chi connectivity index (χ3n) is 2.95. The molecule has 1 amide bonds. The summed E-state index contributed by atoms with van der Waals surface area (Å²) in [6.07, 6.45) is 4.11. The first-order valence-corrected chi connectivity index (χ1v) is 7.02. The van der Waals surface area contributed by atoms with E-state index in [-0.39, 0.29) is 0 Å². The minimum absolute atomic E-state index is 0.420. The molecule has 7 heteroatoms. The molecule has 7 nitrogen and oxygen atoms in total. The number of carbonyl (C=O) groups is 2. The molecule has 126 valence electrons. The zero-order valence-electron chi connectivity index (χ0n) is 13.3. The zero-order chi connectivity index (χ0) is 17.4. The number of benzene rings is 1. The molecule has 1 heterocycles. The highest BCUT2D eigenvalue weighted by Crippen LogP contribution is 2.28. The third kappa shape index (κ3) is 4.91. The number of hydrogen-bond donors (Lipinski definition) is 1. The van der Waals surface area contributed by atoms with Crippen LogP contribution in [0, 0.1) is 0 Å². The van der Waals surface area contributed by atoms with Crippen LogP contribution in [0.5, 0.6) is 11.5 Å². The molecule has 2 aromatic rings. The zero-order valence-corrected chi connectivity index (χ0v) is 13.3. The van der Waals surface area contributed by atoms with E-state index in [1.807, 2.05) is 0 Å². The monoisotopic (exact) mass is 331 g/mol. The lowest BCUT2D eigenvalue weighted by atomic mass is 10.2. The number of anilines is 1. The summed E-state index contributed by atoms with van der Waals surface area (Å²) >= 11 is 0. The quantitative estimate of drug-likeness (QED) is 0.619. The van der Waals surface area contributed by atoms with E-state index < -0.39 is 18.5 Å². The van der Waals surface area contributed by atoms with Gasteiger partial charge in [0, 0.05) is 12.1 Å². The minimum atomic E-state index is -0.654. The van der Waals surface area contributed by atoms with E-state index in [4.69, 9.17) is 18.6 Å². The van der Waals surface area contributed by atoms with Gasteiger partial charge in [0.1, 0.15) is 17.3 Å². The number of hydrogen-bond acceptors (Lipinski definition) is 6. The summed E-state index contributed by atoms with van der Waals surface area (Å²) in [5.74, 6) is 0.385. The molecule has 0 aliphatic heterocycles. The van der Waals surface area contributed by atoms with Crippen molar-refractivity contribution in [2.75, 3.05) is 26.1 Å². The Morgan fingerprint density at radius 2 is 2.04 bits per heavy atom. The first-order chi connectivity index (χ1) is 11.6. The van der Waals surface area contributed by atoms with E-state index in [0.29, 0.717) is 22.9 Å². The van der Waals surface area contributed by atoms with E-state index in [1.54, 1.807) is 30.3 Å². The minimum Gasteiger partial charge on any atom is -0.497 e. The number of methoxy groups -OCH3 is 2. The number of amides is 1. The molecule has 0 radical (unpaired) electrons. The Morgan fingerprint density at radius 3 is 2.71 bits per heavy atom. The van der Waals surface area contributed by atoms with Gasteiger partial charge in [-0.05, 0) is 30.3 Å². The summed E-state index contributed by atoms with van der Waals surface area (Å²) in [7, 11) is 3.00. The van der Waals surface area contributed by atoms with Crippen LogP contribution < -0.4 is 14.8 Å². The van der Waals surface area contributed by atoms with Gasteiger partial charge in [0.05, 0.1) is 26.2 Å². The van der Waals surface area contributed by atoms with E-state index in [9.17, 15) is 9.59 Å². The highest BCUT2D eigenvalue weighted by atomic mass is 16.5. The van der Waals surface area contributed by atoms with E-state index in [2.05, 4.69) is 5.32 Å². The van der Waals surface area contributed by atoms with Crippen LogP contribution in [0.25, 0.3) is 6.08 Å². The topological polar surface area (TPSA) is 87.0 Å². The number of nitrogens with one attached hydrogen (secondary N) is 1. The number of esters is 1. The smallest absolute Gasteiger partial charge is 0.331 e. The molecule has 1 aromatic carbocycles. The van der Waals surface area contributed by atoms with Crippen molar-refractivity contribution in [2.45, 2.75) is 0 Å². The van der Waals surface area contributed by atoms with Crippen LogP contribution >= 0.6 is 0 Å². The summed E-state index contributed by atoms with van der Waals surface area (Å²) < 4.78 is 20.1. The fourth-order valence-corrected chi connectivity index (χ4v) is 1.82. The average Bonchev–Trinajstić information content (AvgIpc) is 3.11. The molecule has 0 unspecified atom stereocenters. The standard InChI is InChI=1S/C17H17NO6/c1-21-13-5-7-15(22-2)14(10-13)18-16(19)11-24-17(20)8-6-12-4-3-9-23-12/h3-10H,11H2,1-2H3,(H,18,19)/b8-6+. The summed E-state index contributed by atoms with van der Waals surface area (Å²) in [6, 6.07) is 8.35. The van der Waals surface area contributed by atoms with Gasteiger partial charge in [-0.1, -0.05) is 0 Å². The summed E-state index contributed by atoms with van der Waals surface area (Å²) in [5, 5.41) is 2.60. The molecule has 0 saturated heterocycles. The SMILES string of the molecule is COc1ccc(OC)c(NC(=O)COC(=O)/C=C/c2ccco2)c1. The first-order valence-electron chi connectivity index (χ1n) is 7.02. The Kier molecular flexibility index (Phi) is 6.01. The van der Waals surface area contributed by atoms with Crippen molar-refractivity contribution < 1.29 is 28.2 Å². The van der Waals surface area contributed by atoms with Crippen molar-refractivity contribution in [3.05, 3.63) is 48.4 Å². The highest BCUT2D eigenvalue weighted by Gasteiger charge is 2.10. The van der Waals surface area contributed by atoms with Crippen LogP contribution in [-0.4, -0.2) is 32.7 Å². The number of ether oxygens (including phenoxy) is 3.